The maximum absolute atomic E-state index is 10.8. The standard InChI is InChI=1S/C13H19NO6/c1-9(6-18-2)19-7-11(15)8-20-12-3-10(13(16)17)4-14-5-12/h3-5,9,11,15H,6-8H2,1-2H3,(H,16,17). The second-order valence-electron chi connectivity index (χ2n) is 4.28. The number of aromatic carboxylic acids is 1. The van der Waals surface area contributed by atoms with Crippen molar-refractivity contribution in [3.63, 3.8) is 0 Å². The van der Waals surface area contributed by atoms with Crippen LogP contribution in [-0.2, 0) is 9.47 Å². The Balaban J connectivity index is 2.35. The minimum absolute atomic E-state index is 0.00947. The van der Waals surface area contributed by atoms with Gasteiger partial charge in [-0.15, -0.1) is 0 Å². The zero-order valence-corrected chi connectivity index (χ0v) is 11.5. The fraction of sp³-hybridized carbons (Fsp3) is 0.538. The summed E-state index contributed by atoms with van der Waals surface area (Å²) in [7, 11) is 1.57. The van der Waals surface area contributed by atoms with Gasteiger partial charge in [0.25, 0.3) is 0 Å². The number of pyridine rings is 1. The predicted octanol–water partition coefficient (Wildman–Crippen LogP) is 0.571. The molecule has 7 nitrogen and oxygen atoms in total. The van der Waals surface area contributed by atoms with Gasteiger partial charge in [-0.1, -0.05) is 0 Å². The highest BCUT2D eigenvalue weighted by molar-refractivity contribution is 5.87. The monoisotopic (exact) mass is 285 g/mol. The van der Waals surface area contributed by atoms with Gasteiger partial charge in [0.05, 0.1) is 31.1 Å². The smallest absolute Gasteiger partial charge is 0.337 e. The van der Waals surface area contributed by atoms with Gasteiger partial charge in [-0.25, -0.2) is 4.79 Å². The molecule has 2 unspecified atom stereocenters. The molecule has 1 aromatic heterocycles. The van der Waals surface area contributed by atoms with Crippen molar-refractivity contribution in [1.29, 1.82) is 0 Å². The molecule has 2 N–H and O–H groups in total. The van der Waals surface area contributed by atoms with Crippen LogP contribution in [0.4, 0.5) is 0 Å². The van der Waals surface area contributed by atoms with E-state index in [1.807, 2.05) is 6.92 Å². The molecule has 0 aliphatic heterocycles. The van der Waals surface area contributed by atoms with Crippen LogP contribution in [0.15, 0.2) is 18.5 Å². The molecule has 0 aliphatic carbocycles. The average Bonchev–Trinajstić information content (AvgIpc) is 2.43. The number of hydrogen-bond acceptors (Lipinski definition) is 6. The van der Waals surface area contributed by atoms with E-state index in [1.165, 1.54) is 18.5 Å². The summed E-state index contributed by atoms with van der Waals surface area (Å²) in [5.74, 6) is -0.797. The second-order valence-corrected chi connectivity index (χ2v) is 4.28. The maximum Gasteiger partial charge on any atom is 0.337 e. The Morgan fingerprint density at radius 3 is 2.75 bits per heavy atom. The number of aliphatic hydroxyl groups excluding tert-OH is 1. The first-order valence-corrected chi connectivity index (χ1v) is 6.12. The first kappa shape index (κ1) is 16.4. The summed E-state index contributed by atoms with van der Waals surface area (Å²) in [5, 5.41) is 18.5. The SMILES string of the molecule is COCC(C)OCC(O)COc1cncc(C(=O)O)c1. The summed E-state index contributed by atoms with van der Waals surface area (Å²) in [6.45, 7) is 2.37. The molecule has 2 atom stereocenters. The lowest BCUT2D eigenvalue weighted by atomic mass is 10.3. The van der Waals surface area contributed by atoms with E-state index in [-0.39, 0.29) is 30.6 Å². The number of aliphatic hydroxyl groups is 1. The summed E-state index contributed by atoms with van der Waals surface area (Å²) >= 11 is 0. The number of aromatic nitrogens is 1. The third-order valence-electron chi connectivity index (χ3n) is 2.38. The van der Waals surface area contributed by atoms with Gasteiger partial charge in [0.2, 0.25) is 0 Å². The van der Waals surface area contributed by atoms with E-state index < -0.39 is 12.1 Å². The van der Waals surface area contributed by atoms with Crippen LogP contribution in [0, 0.1) is 0 Å². The molecular weight excluding hydrogens is 266 g/mol. The van der Waals surface area contributed by atoms with Crippen LogP contribution in [0.1, 0.15) is 17.3 Å². The van der Waals surface area contributed by atoms with Crippen LogP contribution >= 0.6 is 0 Å². The Hall–Kier alpha value is -1.70. The molecule has 1 aromatic rings. The number of hydrogen-bond donors (Lipinski definition) is 2. The topological polar surface area (TPSA) is 98.1 Å². The zero-order valence-electron chi connectivity index (χ0n) is 11.5. The predicted molar refractivity (Wildman–Crippen MR) is 70.0 cm³/mol. The molecule has 0 bridgehead atoms. The molecule has 0 amide bonds. The van der Waals surface area contributed by atoms with Gasteiger partial charge in [-0.2, -0.15) is 0 Å². The van der Waals surface area contributed by atoms with E-state index in [0.29, 0.717) is 6.61 Å². The van der Waals surface area contributed by atoms with Crippen molar-refractivity contribution in [3.05, 3.63) is 24.0 Å². The Morgan fingerprint density at radius 2 is 2.10 bits per heavy atom. The maximum atomic E-state index is 10.8. The third kappa shape index (κ3) is 5.96. The Morgan fingerprint density at radius 1 is 1.35 bits per heavy atom. The molecule has 0 aliphatic rings. The van der Waals surface area contributed by atoms with Gasteiger partial charge < -0.3 is 24.4 Å². The average molecular weight is 285 g/mol. The van der Waals surface area contributed by atoms with Crippen LogP contribution in [0.2, 0.25) is 0 Å². The van der Waals surface area contributed by atoms with Crippen LogP contribution in [-0.4, -0.2) is 60.3 Å². The van der Waals surface area contributed by atoms with E-state index in [9.17, 15) is 9.90 Å². The zero-order chi connectivity index (χ0) is 15.0. The van der Waals surface area contributed by atoms with Crippen molar-refractivity contribution in [3.8, 4) is 5.75 Å². The largest absolute Gasteiger partial charge is 0.489 e. The lowest BCUT2D eigenvalue weighted by molar-refractivity contribution is -0.0423. The molecule has 0 aromatic carbocycles. The molecule has 1 heterocycles. The highest BCUT2D eigenvalue weighted by Gasteiger charge is 2.10. The number of nitrogens with zero attached hydrogens (tertiary/aromatic N) is 1. The minimum Gasteiger partial charge on any atom is -0.489 e. The van der Waals surface area contributed by atoms with Crippen molar-refractivity contribution in [1.82, 2.24) is 4.98 Å². The summed E-state index contributed by atoms with van der Waals surface area (Å²) in [5.41, 5.74) is 0.0296. The number of ether oxygens (including phenoxy) is 3. The second kappa shape index (κ2) is 8.47. The normalized spacial score (nSPS) is 13.8. The van der Waals surface area contributed by atoms with E-state index in [1.54, 1.807) is 7.11 Å². The van der Waals surface area contributed by atoms with Gasteiger partial charge in [-0.3, -0.25) is 4.98 Å². The van der Waals surface area contributed by atoms with Crippen molar-refractivity contribution in [2.24, 2.45) is 0 Å². The minimum atomic E-state index is -1.08. The quantitative estimate of drug-likeness (QED) is 0.684. The Kier molecular flexibility index (Phi) is 6.92. The number of carboxylic acid groups (broad SMARTS) is 1. The van der Waals surface area contributed by atoms with Crippen molar-refractivity contribution < 1.29 is 29.2 Å². The summed E-state index contributed by atoms with van der Waals surface area (Å²) in [4.78, 5) is 14.5. The van der Waals surface area contributed by atoms with Gasteiger partial charge in [-0.05, 0) is 13.0 Å². The molecule has 7 heteroatoms. The first-order valence-electron chi connectivity index (χ1n) is 6.12. The Labute approximate surface area is 117 Å². The van der Waals surface area contributed by atoms with Crippen molar-refractivity contribution >= 4 is 5.97 Å². The van der Waals surface area contributed by atoms with Gasteiger partial charge >= 0.3 is 5.97 Å². The van der Waals surface area contributed by atoms with E-state index in [2.05, 4.69) is 4.98 Å². The lowest BCUT2D eigenvalue weighted by Crippen LogP contribution is -2.27. The molecule has 1 rings (SSSR count). The third-order valence-corrected chi connectivity index (χ3v) is 2.38. The highest BCUT2D eigenvalue weighted by atomic mass is 16.5. The lowest BCUT2D eigenvalue weighted by Gasteiger charge is -2.16. The fourth-order valence-corrected chi connectivity index (χ4v) is 1.41. The number of rotatable bonds is 9. The highest BCUT2D eigenvalue weighted by Crippen LogP contribution is 2.11. The van der Waals surface area contributed by atoms with Crippen LogP contribution < -0.4 is 4.74 Å². The molecule has 0 spiro atoms. The van der Waals surface area contributed by atoms with E-state index in [0.717, 1.165) is 0 Å². The fourth-order valence-electron chi connectivity index (χ4n) is 1.41. The van der Waals surface area contributed by atoms with Gasteiger partial charge in [0.15, 0.2) is 0 Å². The molecule has 0 saturated carbocycles. The Bertz CT molecular complexity index is 425. The number of carbonyl (C=O) groups is 1. The van der Waals surface area contributed by atoms with Crippen LogP contribution in [0.3, 0.4) is 0 Å². The summed E-state index contributed by atoms with van der Waals surface area (Å²) < 4.78 is 15.5. The molecule has 112 valence electrons. The van der Waals surface area contributed by atoms with Gasteiger partial charge in [0.1, 0.15) is 18.5 Å². The van der Waals surface area contributed by atoms with E-state index in [4.69, 9.17) is 19.3 Å². The summed E-state index contributed by atoms with van der Waals surface area (Å²) in [6, 6.07) is 1.34. The van der Waals surface area contributed by atoms with Crippen molar-refractivity contribution in [2.45, 2.75) is 19.1 Å². The van der Waals surface area contributed by atoms with Crippen molar-refractivity contribution in [2.75, 3.05) is 26.9 Å². The molecule has 20 heavy (non-hydrogen) atoms. The first-order chi connectivity index (χ1) is 9.52. The molecular formula is C13H19NO6. The number of methoxy groups -OCH3 is 1. The van der Waals surface area contributed by atoms with Crippen LogP contribution in [0.5, 0.6) is 5.75 Å². The van der Waals surface area contributed by atoms with Crippen LogP contribution in [0.25, 0.3) is 0 Å². The van der Waals surface area contributed by atoms with E-state index >= 15 is 0 Å². The molecule has 0 saturated heterocycles. The molecule has 0 fully saturated rings. The van der Waals surface area contributed by atoms with Gasteiger partial charge in [0, 0.05) is 13.3 Å². The molecule has 0 radical (unpaired) electrons. The summed E-state index contributed by atoms with van der Waals surface area (Å²) in [6.07, 6.45) is 1.67. The number of carboxylic acids is 1.